The van der Waals surface area contributed by atoms with Crippen LogP contribution in [-0.2, 0) is 6.42 Å². The van der Waals surface area contributed by atoms with Crippen LogP contribution < -0.4 is 4.90 Å². The van der Waals surface area contributed by atoms with Gasteiger partial charge >= 0.3 is 0 Å². The molecule has 0 saturated heterocycles. The van der Waals surface area contributed by atoms with Crippen LogP contribution in [0.2, 0.25) is 0 Å². The molecule has 0 fully saturated rings. The molecule has 0 aromatic carbocycles. The Bertz CT molecular complexity index is 523. The molecular weight excluding hydrogens is 244 g/mol. The number of nitrogens with zero attached hydrogens (tertiary/aromatic N) is 2. The molecule has 0 N–H and O–H groups in total. The Morgan fingerprint density at radius 2 is 2.33 bits per heavy atom. The van der Waals surface area contributed by atoms with Gasteiger partial charge in [-0.3, -0.25) is 4.79 Å². The van der Waals surface area contributed by atoms with Crippen LogP contribution in [0.1, 0.15) is 20.8 Å². The summed E-state index contributed by atoms with van der Waals surface area (Å²) in [5, 5.41) is 2.09. The van der Waals surface area contributed by atoms with Gasteiger partial charge in [-0.1, -0.05) is 6.07 Å². The number of hydrogen-bond donors (Lipinski definition) is 0. The van der Waals surface area contributed by atoms with Gasteiger partial charge in [-0.25, -0.2) is 4.98 Å². The number of hydrogen-bond acceptors (Lipinski definition) is 4. The number of likely N-dealkylation sites (N-methyl/N-ethyl adjacent to an activating group) is 1. The fourth-order valence-corrected chi connectivity index (χ4v) is 2.59. The van der Waals surface area contributed by atoms with Gasteiger partial charge in [0.2, 0.25) is 0 Å². The predicted molar refractivity (Wildman–Crippen MR) is 75.7 cm³/mol. The van der Waals surface area contributed by atoms with Gasteiger partial charge in [-0.15, -0.1) is 11.3 Å². The van der Waals surface area contributed by atoms with Crippen molar-refractivity contribution in [1.29, 1.82) is 0 Å². The number of carbonyl (C=O) groups excluding carboxylic acids is 1. The van der Waals surface area contributed by atoms with Crippen molar-refractivity contribution in [3.63, 3.8) is 0 Å². The summed E-state index contributed by atoms with van der Waals surface area (Å²) in [6, 6.07) is 6.09. The normalized spacial score (nSPS) is 10.3. The molecule has 2 aromatic rings. The smallest absolute Gasteiger partial charge is 0.151 e. The highest BCUT2D eigenvalue weighted by atomic mass is 32.1. The lowest BCUT2D eigenvalue weighted by atomic mass is 10.2. The van der Waals surface area contributed by atoms with Crippen molar-refractivity contribution in [3.8, 4) is 0 Å². The van der Waals surface area contributed by atoms with E-state index in [1.807, 2.05) is 20.0 Å². The van der Waals surface area contributed by atoms with Crippen LogP contribution >= 0.6 is 11.3 Å². The van der Waals surface area contributed by atoms with Crippen LogP contribution in [0.15, 0.2) is 29.8 Å². The largest absolute Gasteiger partial charge is 0.359 e. The third kappa shape index (κ3) is 2.96. The van der Waals surface area contributed by atoms with Crippen molar-refractivity contribution in [2.75, 3.05) is 18.5 Å². The second kappa shape index (κ2) is 5.78. The van der Waals surface area contributed by atoms with Gasteiger partial charge in [0.15, 0.2) is 6.29 Å². The Balaban J connectivity index is 2.04. The van der Waals surface area contributed by atoms with Crippen molar-refractivity contribution in [2.24, 2.45) is 0 Å². The van der Waals surface area contributed by atoms with E-state index in [0.717, 1.165) is 30.6 Å². The van der Waals surface area contributed by atoms with Gasteiger partial charge < -0.3 is 4.90 Å². The number of rotatable bonds is 5. The van der Waals surface area contributed by atoms with E-state index in [9.17, 15) is 4.79 Å². The first-order chi connectivity index (χ1) is 8.70. The number of thiophene rings is 1. The molecule has 94 valence electrons. The Labute approximate surface area is 111 Å². The first-order valence-electron chi connectivity index (χ1n) is 5.86. The number of aromatic nitrogens is 1. The van der Waals surface area contributed by atoms with Crippen LogP contribution in [0.25, 0.3) is 0 Å². The van der Waals surface area contributed by atoms with Crippen LogP contribution in [0, 0.1) is 6.92 Å². The van der Waals surface area contributed by atoms with Gasteiger partial charge in [0.1, 0.15) is 5.82 Å². The molecule has 4 heteroatoms. The molecular formula is C14H16N2OS. The molecule has 0 spiro atoms. The van der Waals surface area contributed by atoms with Crippen LogP contribution in [-0.4, -0.2) is 24.9 Å². The van der Waals surface area contributed by atoms with Crippen molar-refractivity contribution in [1.82, 2.24) is 4.98 Å². The maximum Gasteiger partial charge on any atom is 0.151 e. The maximum absolute atomic E-state index is 10.7. The molecule has 0 atom stereocenters. The van der Waals surface area contributed by atoms with E-state index in [1.54, 1.807) is 17.5 Å². The Kier molecular flexibility index (Phi) is 4.10. The molecule has 0 radical (unpaired) electrons. The zero-order valence-corrected chi connectivity index (χ0v) is 11.4. The molecule has 18 heavy (non-hydrogen) atoms. The molecule has 2 aromatic heterocycles. The molecule has 0 aliphatic rings. The van der Waals surface area contributed by atoms with Gasteiger partial charge in [-0.2, -0.15) is 0 Å². The zero-order valence-electron chi connectivity index (χ0n) is 10.6. The zero-order chi connectivity index (χ0) is 13.0. The lowest BCUT2D eigenvalue weighted by Crippen LogP contribution is -2.22. The molecule has 0 aliphatic carbocycles. The van der Waals surface area contributed by atoms with Crippen LogP contribution in [0.3, 0.4) is 0 Å². The second-order valence-electron chi connectivity index (χ2n) is 4.28. The van der Waals surface area contributed by atoms with Crippen molar-refractivity contribution >= 4 is 23.4 Å². The van der Waals surface area contributed by atoms with Crippen molar-refractivity contribution < 1.29 is 4.79 Å². The summed E-state index contributed by atoms with van der Waals surface area (Å²) in [6.45, 7) is 2.91. The highest BCUT2D eigenvalue weighted by molar-refractivity contribution is 7.09. The standard InChI is InChI=1S/C14H16N2OS/c1-11-8-12(10-17)9-15-14(11)16(2)6-5-13-4-3-7-18-13/h3-4,7-10H,5-6H2,1-2H3. The molecule has 2 heterocycles. The van der Waals surface area contributed by atoms with E-state index in [1.165, 1.54) is 4.88 Å². The molecule has 0 aliphatic heterocycles. The monoisotopic (exact) mass is 260 g/mol. The van der Waals surface area contributed by atoms with Gasteiger partial charge in [-0.05, 0) is 36.4 Å². The van der Waals surface area contributed by atoms with Crippen LogP contribution in [0.5, 0.6) is 0 Å². The summed E-state index contributed by atoms with van der Waals surface area (Å²) in [6.07, 6.45) is 3.47. The van der Waals surface area contributed by atoms with E-state index in [2.05, 4.69) is 27.4 Å². The van der Waals surface area contributed by atoms with Gasteiger partial charge in [0, 0.05) is 30.2 Å². The topological polar surface area (TPSA) is 33.2 Å². The lowest BCUT2D eigenvalue weighted by molar-refractivity contribution is 0.112. The third-order valence-electron chi connectivity index (χ3n) is 2.84. The molecule has 0 amide bonds. The highest BCUT2D eigenvalue weighted by Crippen LogP contribution is 2.17. The molecule has 0 bridgehead atoms. The minimum Gasteiger partial charge on any atom is -0.359 e. The first-order valence-corrected chi connectivity index (χ1v) is 6.74. The summed E-state index contributed by atoms with van der Waals surface area (Å²) < 4.78 is 0. The van der Waals surface area contributed by atoms with Gasteiger partial charge in [0.05, 0.1) is 0 Å². The lowest BCUT2D eigenvalue weighted by Gasteiger charge is -2.19. The first kappa shape index (κ1) is 12.8. The summed E-state index contributed by atoms with van der Waals surface area (Å²) in [7, 11) is 2.03. The van der Waals surface area contributed by atoms with E-state index < -0.39 is 0 Å². The maximum atomic E-state index is 10.7. The van der Waals surface area contributed by atoms with Crippen molar-refractivity contribution in [3.05, 3.63) is 45.8 Å². The minimum atomic E-state index is 0.628. The summed E-state index contributed by atoms with van der Waals surface area (Å²) >= 11 is 1.78. The second-order valence-corrected chi connectivity index (χ2v) is 5.31. The van der Waals surface area contributed by atoms with E-state index >= 15 is 0 Å². The predicted octanol–water partition coefficient (Wildman–Crippen LogP) is 2.94. The van der Waals surface area contributed by atoms with E-state index in [-0.39, 0.29) is 0 Å². The quantitative estimate of drug-likeness (QED) is 0.775. The fourth-order valence-electron chi connectivity index (χ4n) is 1.89. The molecule has 0 unspecified atom stereocenters. The summed E-state index contributed by atoms with van der Waals surface area (Å²) in [5.74, 6) is 0.942. The number of aldehydes is 1. The average Bonchev–Trinajstić information content (AvgIpc) is 2.88. The fraction of sp³-hybridized carbons (Fsp3) is 0.286. The Morgan fingerprint density at radius 1 is 1.50 bits per heavy atom. The molecule has 2 rings (SSSR count). The Hall–Kier alpha value is -1.68. The highest BCUT2D eigenvalue weighted by Gasteiger charge is 2.07. The Morgan fingerprint density at radius 3 is 2.94 bits per heavy atom. The number of anilines is 1. The van der Waals surface area contributed by atoms with Crippen LogP contribution in [0.4, 0.5) is 5.82 Å². The summed E-state index contributed by atoms with van der Waals surface area (Å²) in [5.41, 5.74) is 1.66. The SMILES string of the molecule is Cc1cc(C=O)cnc1N(C)CCc1cccs1. The number of pyridine rings is 1. The van der Waals surface area contributed by atoms with Crippen molar-refractivity contribution in [2.45, 2.75) is 13.3 Å². The number of carbonyl (C=O) groups is 1. The molecule has 0 saturated carbocycles. The van der Waals surface area contributed by atoms with Gasteiger partial charge in [0.25, 0.3) is 0 Å². The van der Waals surface area contributed by atoms with E-state index in [0.29, 0.717) is 5.56 Å². The summed E-state index contributed by atoms with van der Waals surface area (Å²) in [4.78, 5) is 18.5. The third-order valence-corrected chi connectivity index (χ3v) is 3.78. The number of aryl methyl sites for hydroxylation is 1. The molecule has 3 nitrogen and oxygen atoms in total. The average molecular weight is 260 g/mol. The van der Waals surface area contributed by atoms with E-state index in [4.69, 9.17) is 0 Å². The minimum absolute atomic E-state index is 0.628.